The molecule has 3 rings (SSSR count). The van der Waals surface area contributed by atoms with Crippen LogP contribution in [-0.4, -0.2) is 57.9 Å². The third-order valence-corrected chi connectivity index (χ3v) is 5.62. The molecule has 0 unspecified atom stereocenters. The minimum absolute atomic E-state index is 0.226. The molecular weight excluding hydrogens is 436 g/mol. The second kappa shape index (κ2) is 8.12. The van der Waals surface area contributed by atoms with Crippen LogP contribution in [0.1, 0.15) is 5.56 Å². The number of hydrogen-bond donors (Lipinski definition) is 2. The number of nitrogen functional groups attached to an aromatic ring is 1. The molecule has 3 N–H and O–H groups in total. The van der Waals surface area contributed by atoms with Crippen LogP contribution >= 0.6 is 11.9 Å². The van der Waals surface area contributed by atoms with E-state index in [2.05, 4.69) is 9.97 Å². The van der Waals surface area contributed by atoms with E-state index in [9.17, 15) is 31.4 Å². The van der Waals surface area contributed by atoms with Crippen molar-refractivity contribution in [3.63, 3.8) is 0 Å². The van der Waals surface area contributed by atoms with Gasteiger partial charge >= 0.3 is 12.4 Å². The average Bonchev–Trinajstić information content (AvgIpc) is 2.68. The van der Waals surface area contributed by atoms with Crippen LogP contribution in [0.2, 0.25) is 0 Å². The predicted molar refractivity (Wildman–Crippen MR) is 98.5 cm³/mol. The van der Waals surface area contributed by atoms with Crippen LogP contribution in [0.3, 0.4) is 0 Å². The summed E-state index contributed by atoms with van der Waals surface area (Å²) in [5.74, 6) is 0.630. The largest absolute Gasteiger partial charge is 0.430 e. The van der Waals surface area contributed by atoms with Gasteiger partial charge in [0.1, 0.15) is 11.6 Å². The molecule has 1 aliphatic rings. The smallest absolute Gasteiger partial charge is 0.384 e. The van der Waals surface area contributed by atoms with Gasteiger partial charge in [0.05, 0.1) is 0 Å². The molecule has 0 saturated carbocycles. The number of anilines is 2. The Kier molecular flexibility index (Phi) is 6.07. The Bertz CT molecular complexity index is 837. The standard InChI is InChI=1S/C17H17F6N5OS/c18-16(19,20)15(29,17(21,22)23)11-1-4-14(26-9-11)27-5-7-28(8-6-27)30-12-2-3-13(24)25-10-12/h1-4,9-10,29H,5-8H2,(H2,24,25). The van der Waals surface area contributed by atoms with E-state index in [0.717, 1.165) is 11.0 Å². The van der Waals surface area contributed by atoms with Crippen LogP contribution < -0.4 is 10.6 Å². The molecule has 1 aliphatic heterocycles. The Hall–Kier alpha value is -2.25. The maximum absolute atomic E-state index is 13.0. The highest BCUT2D eigenvalue weighted by Crippen LogP contribution is 2.49. The van der Waals surface area contributed by atoms with Gasteiger partial charge in [-0.05, 0) is 30.1 Å². The van der Waals surface area contributed by atoms with Crippen molar-refractivity contribution in [3.8, 4) is 0 Å². The Balaban J connectivity index is 1.67. The minimum atomic E-state index is -5.94. The summed E-state index contributed by atoms with van der Waals surface area (Å²) in [5, 5.41) is 9.42. The molecule has 0 amide bonds. The molecule has 3 heterocycles. The number of alkyl halides is 6. The maximum atomic E-state index is 13.0. The summed E-state index contributed by atoms with van der Waals surface area (Å²) in [7, 11) is 0. The number of nitrogens with zero attached hydrogens (tertiary/aromatic N) is 4. The first kappa shape index (κ1) is 22.4. The van der Waals surface area contributed by atoms with Crippen LogP contribution in [0.5, 0.6) is 0 Å². The fourth-order valence-electron chi connectivity index (χ4n) is 2.88. The second-order valence-corrected chi connectivity index (χ2v) is 7.71. The monoisotopic (exact) mass is 453 g/mol. The minimum Gasteiger partial charge on any atom is -0.384 e. The van der Waals surface area contributed by atoms with E-state index in [0.29, 0.717) is 44.3 Å². The molecule has 1 saturated heterocycles. The van der Waals surface area contributed by atoms with E-state index in [1.54, 1.807) is 17.2 Å². The van der Waals surface area contributed by atoms with Gasteiger partial charge in [0, 0.05) is 49.0 Å². The van der Waals surface area contributed by atoms with Gasteiger partial charge in [0.25, 0.3) is 5.60 Å². The molecule has 0 bridgehead atoms. The number of aromatic nitrogens is 2. The molecular formula is C17H17F6N5OS. The Morgan fingerprint density at radius 3 is 1.97 bits per heavy atom. The molecule has 0 atom stereocenters. The lowest BCUT2D eigenvalue weighted by Gasteiger charge is -2.35. The molecule has 30 heavy (non-hydrogen) atoms. The van der Waals surface area contributed by atoms with Crippen molar-refractivity contribution in [2.75, 3.05) is 36.8 Å². The molecule has 6 nitrogen and oxygen atoms in total. The fraction of sp³-hybridized carbons (Fsp3) is 0.412. The van der Waals surface area contributed by atoms with Crippen LogP contribution in [0.4, 0.5) is 38.0 Å². The summed E-state index contributed by atoms with van der Waals surface area (Å²) >= 11 is 1.47. The molecule has 2 aromatic heterocycles. The van der Waals surface area contributed by atoms with Crippen molar-refractivity contribution in [2.45, 2.75) is 22.8 Å². The highest BCUT2D eigenvalue weighted by molar-refractivity contribution is 7.97. The Labute approximate surface area is 171 Å². The van der Waals surface area contributed by atoms with Crippen molar-refractivity contribution >= 4 is 23.6 Å². The fourth-order valence-corrected chi connectivity index (χ4v) is 3.75. The number of aliphatic hydroxyl groups is 1. The van der Waals surface area contributed by atoms with Crippen molar-refractivity contribution < 1.29 is 31.4 Å². The van der Waals surface area contributed by atoms with Gasteiger partial charge in [-0.2, -0.15) is 26.3 Å². The normalized spacial score (nSPS) is 16.7. The lowest BCUT2D eigenvalue weighted by Crippen LogP contribution is -2.54. The maximum Gasteiger partial charge on any atom is 0.430 e. The van der Waals surface area contributed by atoms with Crippen molar-refractivity contribution in [1.29, 1.82) is 0 Å². The molecule has 1 fully saturated rings. The van der Waals surface area contributed by atoms with E-state index in [1.807, 2.05) is 10.4 Å². The van der Waals surface area contributed by atoms with E-state index < -0.39 is 23.5 Å². The zero-order chi connectivity index (χ0) is 22.2. The van der Waals surface area contributed by atoms with Crippen molar-refractivity contribution in [1.82, 2.24) is 14.3 Å². The van der Waals surface area contributed by atoms with Crippen LogP contribution in [0, 0.1) is 0 Å². The molecule has 13 heteroatoms. The summed E-state index contributed by atoms with van der Waals surface area (Å²) in [6, 6.07) is 5.14. The molecule has 164 valence electrons. The van der Waals surface area contributed by atoms with E-state index in [-0.39, 0.29) is 5.82 Å². The molecule has 2 aromatic rings. The van der Waals surface area contributed by atoms with Gasteiger partial charge in [-0.1, -0.05) is 6.07 Å². The first-order valence-electron chi connectivity index (χ1n) is 8.63. The van der Waals surface area contributed by atoms with E-state index >= 15 is 0 Å². The Morgan fingerprint density at radius 2 is 1.50 bits per heavy atom. The van der Waals surface area contributed by atoms with Gasteiger partial charge in [0.2, 0.25) is 0 Å². The summed E-state index contributed by atoms with van der Waals surface area (Å²) < 4.78 is 79.8. The van der Waals surface area contributed by atoms with E-state index in [4.69, 9.17) is 5.73 Å². The zero-order valence-electron chi connectivity index (χ0n) is 15.3. The SMILES string of the molecule is Nc1ccc(SN2CCN(c3ccc(C(O)(C(F)(F)F)C(F)(F)F)cn3)CC2)cn1. The number of pyridine rings is 2. The number of hydrogen-bond acceptors (Lipinski definition) is 7. The summed E-state index contributed by atoms with van der Waals surface area (Å²) in [4.78, 5) is 10.4. The highest BCUT2D eigenvalue weighted by atomic mass is 32.2. The third-order valence-electron chi connectivity index (χ3n) is 4.54. The van der Waals surface area contributed by atoms with Crippen LogP contribution in [-0.2, 0) is 5.60 Å². The quantitative estimate of drug-likeness (QED) is 0.544. The van der Waals surface area contributed by atoms with Crippen LogP contribution in [0.25, 0.3) is 0 Å². The van der Waals surface area contributed by atoms with Gasteiger partial charge in [-0.25, -0.2) is 14.3 Å². The lowest BCUT2D eigenvalue weighted by molar-refractivity contribution is -0.376. The second-order valence-electron chi connectivity index (χ2n) is 6.54. The molecule has 0 radical (unpaired) electrons. The number of nitrogens with two attached hydrogens (primary N) is 1. The van der Waals surface area contributed by atoms with E-state index in [1.165, 1.54) is 11.9 Å². The van der Waals surface area contributed by atoms with Crippen molar-refractivity contribution in [3.05, 3.63) is 42.2 Å². The molecule has 0 aromatic carbocycles. The highest BCUT2D eigenvalue weighted by Gasteiger charge is 2.71. The van der Waals surface area contributed by atoms with Gasteiger partial charge in [0.15, 0.2) is 0 Å². The summed E-state index contributed by atoms with van der Waals surface area (Å²) in [6.07, 6.45) is -9.82. The van der Waals surface area contributed by atoms with Gasteiger partial charge in [-0.3, -0.25) is 0 Å². The van der Waals surface area contributed by atoms with Crippen LogP contribution in [0.15, 0.2) is 41.6 Å². The third kappa shape index (κ3) is 4.42. The number of rotatable bonds is 4. The first-order chi connectivity index (χ1) is 13.9. The van der Waals surface area contributed by atoms with Gasteiger partial charge < -0.3 is 15.7 Å². The lowest BCUT2D eigenvalue weighted by atomic mass is 9.94. The zero-order valence-corrected chi connectivity index (χ0v) is 16.1. The van der Waals surface area contributed by atoms with Crippen molar-refractivity contribution in [2.24, 2.45) is 0 Å². The average molecular weight is 453 g/mol. The topological polar surface area (TPSA) is 78.5 Å². The summed E-state index contributed by atoms with van der Waals surface area (Å²) in [5.41, 5.74) is -0.817. The predicted octanol–water partition coefficient (Wildman–Crippen LogP) is 3.20. The number of halogens is 6. The summed E-state index contributed by atoms with van der Waals surface area (Å²) in [6.45, 7) is 2.08. The molecule has 0 spiro atoms. The Morgan fingerprint density at radius 1 is 0.867 bits per heavy atom. The number of piperazine rings is 1. The molecule has 0 aliphatic carbocycles. The van der Waals surface area contributed by atoms with Gasteiger partial charge in [-0.15, -0.1) is 0 Å². The first-order valence-corrected chi connectivity index (χ1v) is 9.41.